The van der Waals surface area contributed by atoms with Crippen LogP contribution in [0.1, 0.15) is 15.9 Å². The van der Waals surface area contributed by atoms with E-state index >= 15 is 0 Å². The number of nitrogens with zero attached hydrogens (tertiary/aromatic N) is 1. The number of morpholine rings is 1. The number of carbonyl (C=O) groups excluding carboxylic acids is 1. The fraction of sp³-hybridized carbons (Fsp3) is 0.417. The van der Waals surface area contributed by atoms with Gasteiger partial charge in [0.25, 0.3) is 5.91 Å². The molecule has 0 unspecified atom stereocenters. The van der Waals surface area contributed by atoms with E-state index in [1.54, 1.807) is 12.1 Å². The lowest BCUT2D eigenvalue weighted by Crippen LogP contribution is -2.35. The highest BCUT2D eigenvalue weighted by atomic mass is 35.5. The van der Waals surface area contributed by atoms with Gasteiger partial charge in [0.15, 0.2) is 0 Å². The quantitative estimate of drug-likeness (QED) is 0.790. The van der Waals surface area contributed by atoms with Crippen molar-refractivity contribution in [1.29, 1.82) is 0 Å². The number of halogens is 1. The van der Waals surface area contributed by atoms with E-state index in [0.29, 0.717) is 11.3 Å². The Bertz CT molecular complexity index is 420. The standard InChI is InChI=1S/C12H17N3O2.ClH/c13-11-2-1-9(7-10(11)12(14)16)8-15-3-5-17-6-4-15;/h1-2,7H,3-6,8,13H2,(H2,14,16);1H. The van der Waals surface area contributed by atoms with E-state index in [0.717, 1.165) is 38.4 Å². The van der Waals surface area contributed by atoms with E-state index in [2.05, 4.69) is 4.90 Å². The molecule has 0 radical (unpaired) electrons. The molecule has 1 heterocycles. The van der Waals surface area contributed by atoms with Gasteiger partial charge in [-0.05, 0) is 17.7 Å². The van der Waals surface area contributed by atoms with E-state index in [1.807, 2.05) is 6.07 Å². The van der Waals surface area contributed by atoms with Crippen LogP contribution >= 0.6 is 12.4 Å². The monoisotopic (exact) mass is 271 g/mol. The Hall–Kier alpha value is -1.30. The Kier molecular flexibility index (Phi) is 5.40. The molecular formula is C12H18ClN3O2. The molecule has 0 bridgehead atoms. The fourth-order valence-electron chi connectivity index (χ4n) is 1.93. The molecule has 18 heavy (non-hydrogen) atoms. The maximum Gasteiger partial charge on any atom is 0.250 e. The summed E-state index contributed by atoms with van der Waals surface area (Å²) >= 11 is 0. The molecule has 6 heteroatoms. The van der Waals surface area contributed by atoms with Crippen molar-refractivity contribution in [2.45, 2.75) is 6.54 Å². The summed E-state index contributed by atoms with van der Waals surface area (Å²) in [4.78, 5) is 13.5. The molecule has 0 aliphatic carbocycles. The first-order chi connectivity index (χ1) is 8.16. The molecule has 1 aliphatic rings. The minimum absolute atomic E-state index is 0. The van der Waals surface area contributed by atoms with Crippen LogP contribution in [0, 0.1) is 0 Å². The van der Waals surface area contributed by atoms with Crippen molar-refractivity contribution in [3.05, 3.63) is 29.3 Å². The summed E-state index contributed by atoms with van der Waals surface area (Å²) < 4.78 is 5.28. The van der Waals surface area contributed by atoms with Crippen LogP contribution in [-0.2, 0) is 11.3 Å². The average Bonchev–Trinajstić information content (AvgIpc) is 2.32. The first-order valence-corrected chi connectivity index (χ1v) is 5.65. The summed E-state index contributed by atoms with van der Waals surface area (Å²) in [5, 5.41) is 0. The van der Waals surface area contributed by atoms with Gasteiger partial charge >= 0.3 is 0 Å². The van der Waals surface area contributed by atoms with Crippen LogP contribution in [0.15, 0.2) is 18.2 Å². The molecule has 4 N–H and O–H groups in total. The largest absolute Gasteiger partial charge is 0.398 e. The Balaban J connectivity index is 0.00000162. The zero-order chi connectivity index (χ0) is 12.3. The Morgan fingerprint density at radius 1 is 1.33 bits per heavy atom. The lowest BCUT2D eigenvalue weighted by molar-refractivity contribution is 0.0342. The molecule has 1 aromatic rings. The maximum atomic E-state index is 11.2. The van der Waals surface area contributed by atoms with Crippen molar-refractivity contribution >= 4 is 24.0 Å². The number of rotatable bonds is 3. The van der Waals surface area contributed by atoms with Gasteiger partial charge < -0.3 is 16.2 Å². The van der Waals surface area contributed by atoms with E-state index in [1.165, 1.54) is 0 Å². The van der Waals surface area contributed by atoms with E-state index in [-0.39, 0.29) is 12.4 Å². The topological polar surface area (TPSA) is 81.6 Å². The van der Waals surface area contributed by atoms with E-state index in [4.69, 9.17) is 16.2 Å². The van der Waals surface area contributed by atoms with Gasteiger partial charge in [-0.15, -0.1) is 12.4 Å². The lowest BCUT2D eigenvalue weighted by Gasteiger charge is -2.26. The van der Waals surface area contributed by atoms with Gasteiger partial charge in [0.05, 0.1) is 18.8 Å². The van der Waals surface area contributed by atoms with Gasteiger partial charge in [-0.1, -0.05) is 6.07 Å². The third-order valence-corrected chi connectivity index (χ3v) is 2.89. The second-order valence-corrected chi connectivity index (χ2v) is 4.17. The van der Waals surface area contributed by atoms with Crippen LogP contribution in [0.4, 0.5) is 5.69 Å². The maximum absolute atomic E-state index is 11.2. The number of hydrogen-bond acceptors (Lipinski definition) is 4. The molecule has 1 fully saturated rings. The molecular weight excluding hydrogens is 254 g/mol. The highest BCUT2D eigenvalue weighted by molar-refractivity contribution is 5.98. The number of benzene rings is 1. The second kappa shape index (κ2) is 6.58. The van der Waals surface area contributed by atoms with Crippen LogP contribution < -0.4 is 11.5 Å². The average molecular weight is 272 g/mol. The van der Waals surface area contributed by atoms with E-state index < -0.39 is 5.91 Å². The number of carbonyl (C=O) groups is 1. The predicted molar refractivity (Wildman–Crippen MR) is 72.7 cm³/mol. The first-order valence-electron chi connectivity index (χ1n) is 5.65. The number of primary amides is 1. The SMILES string of the molecule is Cl.NC(=O)c1cc(CN2CCOCC2)ccc1N. The van der Waals surface area contributed by atoms with Gasteiger partial charge in [0, 0.05) is 25.3 Å². The van der Waals surface area contributed by atoms with Gasteiger partial charge in [-0.2, -0.15) is 0 Å². The van der Waals surface area contributed by atoms with Crippen LogP contribution in [0.25, 0.3) is 0 Å². The Labute approximate surface area is 112 Å². The highest BCUT2D eigenvalue weighted by Crippen LogP contribution is 2.15. The van der Waals surface area contributed by atoms with Crippen LogP contribution in [0.3, 0.4) is 0 Å². The number of ether oxygens (including phenoxy) is 1. The molecule has 100 valence electrons. The molecule has 0 saturated carbocycles. The van der Waals surface area contributed by atoms with Crippen LogP contribution in [0.2, 0.25) is 0 Å². The molecule has 2 rings (SSSR count). The second-order valence-electron chi connectivity index (χ2n) is 4.17. The molecule has 1 aromatic carbocycles. The summed E-state index contributed by atoms with van der Waals surface area (Å²) in [6.07, 6.45) is 0. The van der Waals surface area contributed by atoms with E-state index in [9.17, 15) is 4.79 Å². The zero-order valence-corrected chi connectivity index (χ0v) is 10.9. The summed E-state index contributed by atoms with van der Waals surface area (Å²) in [6, 6.07) is 5.43. The van der Waals surface area contributed by atoms with Gasteiger partial charge in [0.2, 0.25) is 0 Å². The normalized spacial score (nSPS) is 16.0. The van der Waals surface area contributed by atoms with Gasteiger partial charge in [0.1, 0.15) is 0 Å². The summed E-state index contributed by atoms with van der Waals surface area (Å²) in [6.45, 7) is 4.14. The molecule has 0 aromatic heterocycles. The van der Waals surface area contributed by atoms with Crippen molar-refractivity contribution in [3.8, 4) is 0 Å². The minimum atomic E-state index is -0.480. The van der Waals surface area contributed by atoms with Gasteiger partial charge in [-0.3, -0.25) is 9.69 Å². The summed E-state index contributed by atoms with van der Waals surface area (Å²) in [5.74, 6) is -0.480. The lowest BCUT2D eigenvalue weighted by atomic mass is 10.1. The first kappa shape index (κ1) is 14.8. The smallest absolute Gasteiger partial charge is 0.250 e. The predicted octanol–water partition coefficient (Wildman–Crippen LogP) is 0.622. The molecule has 0 spiro atoms. The van der Waals surface area contributed by atoms with Crippen molar-refractivity contribution in [2.75, 3.05) is 32.0 Å². The molecule has 1 saturated heterocycles. The zero-order valence-electron chi connectivity index (χ0n) is 10.1. The van der Waals surface area contributed by atoms with Crippen LogP contribution in [0.5, 0.6) is 0 Å². The number of nitrogens with two attached hydrogens (primary N) is 2. The number of nitrogen functional groups attached to an aromatic ring is 1. The highest BCUT2D eigenvalue weighted by Gasteiger charge is 2.12. The fourth-order valence-corrected chi connectivity index (χ4v) is 1.93. The van der Waals surface area contributed by atoms with Crippen molar-refractivity contribution in [1.82, 2.24) is 4.90 Å². The Morgan fingerprint density at radius 2 is 2.00 bits per heavy atom. The third-order valence-electron chi connectivity index (χ3n) is 2.89. The van der Waals surface area contributed by atoms with Crippen molar-refractivity contribution < 1.29 is 9.53 Å². The molecule has 5 nitrogen and oxygen atoms in total. The molecule has 1 amide bonds. The minimum Gasteiger partial charge on any atom is -0.398 e. The van der Waals surface area contributed by atoms with Crippen molar-refractivity contribution in [3.63, 3.8) is 0 Å². The molecule has 1 aliphatic heterocycles. The number of amides is 1. The summed E-state index contributed by atoms with van der Waals surface area (Å²) in [7, 11) is 0. The summed E-state index contributed by atoms with van der Waals surface area (Å²) in [5.41, 5.74) is 12.8. The van der Waals surface area contributed by atoms with Gasteiger partial charge in [-0.25, -0.2) is 0 Å². The van der Waals surface area contributed by atoms with Crippen LogP contribution in [-0.4, -0.2) is 37.1 Å². The Morgan fingerprint density at radius 3 is 2.61 bits per heavy atom. The van der Waals surface area contributed by atoms with Crippen molar-refractivity contribution in [2.24, 2.45) is 5.73 Å². The number of hydrogen-bond donors (Lipinski definition) is 2. The number of anilines is 1. The molecule has 0 atom stereocenters. The third kappa shape index (κ3) is 3.60.